The third-order valence-corrected chi connectivity index (χ3v) is 2.67. The average molecular weight is 241 g/mol. The van der Waals surface area contributed by atoms with E-state index in [1.54, 1.807) is 0 Å². The van der Waals surface area contributed by atoms with Gasteiger partial charge in [-0.25, -0.2) is 0 Å². The fraction of sp³-hybridized carbons (Fsp3) is 0.867. The molecule has 2 nitrogen and oxygen atoms in total. The Labute approximate surface area is 108 Å². The maximum absolute atomic E-state index is 5.84. The predicted molar refractivity (Wildman–Crippen MR) is 76.5 cm³/mol. The molecule has 0 saturated carbocycles. The van der Waals surface area contributed by atoms with Crippen molar-refractivity contribution in [1.29, 1.82) is 0 Å². The molecular weight excluding hydrogens is 210 g/mol. The maximum atomic E-state index is 5.84. The lowest BCUT2D eigenvalue weighted by atomic mass is 10.1. The van der Waals surface area contributed by atoms with E-state index >= 15 is 0 Å². The summed E-state index contributed by atoms with van der Waals surface area (Å²) in [7, 11) is 0. The highest BCUT2D eigenvalue weighted by Crippen LogP contribution is 2.11. The Balaban J connectivity index is 3.70. The number of allylic oxidation sites excluding steroid dienone is 1. The van der Waals surface area contributed by atoms with Gasteiger partial charge in [0.2, 0.25) is 0 Å². The first kappa shape index (κ1) is 16.7. The van der Waals surface area contributed by atoms with E-state index in [-0.39, 0.29) is 5.60 Å². The summed E-state index contributed by atoms with van der Waals surface area (Å²) >= 11 is 0. The third kappa shape index (κ3) is 11.9. The summed E-state index contributed by atoms with van der Waals surface area (Å²) in [5, 5.41) is 3.50. The Morgan fingerprint density at radius 3 is 2.47 bits per heavy atom. The molecule has 0 bridgehead atoms. The molecule has 2 heteroatoms. The SMILES string of the molecule is C=CCCCCCC(COC(C)(C)C)NCC. The first-order chi connectivity index (χ1) is 7.99. The van der Waals surface area contributed by atoms with E-state index in [9.17, 15) is 0 Å². The normalized spacial score (nSPS) is 13.6. The summed E-state index contributed by atoms with van der Waals surface area (Å²) in [4.78, 5) is 0. The van der Waals surface area contributed by atoms with Gasteiger partial charge >= 0.3 is 0 Å². The van der Waals surface area contributed by atoms with Crippen molar-refractivity contribution in [2.75, 3.05) is 13.2 Å². The molecule has 0 fully saturated rings. The molecule has 0 aromatic carbocycles. The molecule has 1 unspecified atom stereocenters. The molecule has 0 aromatic rings. The summed E-state index contributed by atoms with van der Waals surface area (Å²) in [6.07, 6.45) is 8.20. The van der Waals surface area contributed by atoms with Crippen LogP contribution in [0.3, 0.4) is 0 Å². The predicted octanol–water partition coefficient (Wildman–Crippen LogP) is 3.92. The van der Waals surface area contributed by atoms with Gasteiger partial charge in [0.1, 0.15) is 0 Å². The van der Waals surface area contributed by atoms with Crippen LogP contribution in [0.25, 0.3) is 0 Å². The number of unbranched alkanes of at least 4 members (excludes halogenated alkanes) is 3. The lowest BCUT2D eigenvalue weighted by Crippen LogP contribution is -2.36. The smallest absolute Gasteiger partial charge is 0.0626 e. The Morgan fingerprint density at radius 2 is 1.94 bits per heavy atom. The van der Waals surface area contributed by atoms with Gasteiger partial charge in [0.25, 0.3) is 0 Å². The van der Waals surface area contributed by atoms with E-state index < -0.39 is 0 Å². The lowest BCUT2D eigenvalue weighted by molar-refractivity contribution is -0.0154. The summed E-state index contributed by atoms with van der Waals surface area (Å²) in [6.45, 7) is 14.1. The largest absolute Gasteiger partial charge is 0.374 e. The van der Waals surface area contributed by atoms with E-state index in [1.807, 2.05) is 6.08 Å². The van der Waals surface area contributed by atoms with Gasteiger partial charge in [0, 0.05) is 6.04 Å². The first-order valence-corrected chi connectivity index (χ1v) is 6.98. The number of ether oxygens (including phenoxy) is 1. The molecule has 0 radical (unpaired) electrons. The molecule has 17 heavy (non-hydrogen) atoms. The van der Waals surface area contributed by atoms with Gasteiger partial charge in [0.05, 0.1) is 12.2 Å². The van der Waals surface area contributed by atoms with Crippen LogP contribution >= 0.6 is 0 Å². The Bertz CT molecular complexity index is 184. The number of rotatable bonds is 10. The summed E-state index contributed by atoms with van der Waals surface area (Å²) < 4.78 is 5.84. The number of likely N-dealkylation sites (N-methyl/N-ethyl adjacent to an activating group) is 1. The summed E-state index contributed by atoms with van der Waals surface area (Å²) in [6, 6.07) is 0.503. The average Bonchev–Trinajstić information content (AvgIpc) is 2.24. The highest BCUT2D eigenvalue weighted by Gasteiger charge is 2.14. The zero-order chi connectivity index (χ0) is 13.1. The van der Waals surface area contributed by atoms with Gasteiger partial charge < -0.3 is 10.1 Å². The van der Waals surface area contributed by atoms with Gasteiger partial charge in [-0.05, 0) is 46.6 Å². The Morgan fingerprint density at radius 1 is 1.24 bits per heavy atom. The van der Waals surface area contributed by atoms with Crippen LogP contribution in [0.2, 0.25) is 0 Å². The van der Waals surface area contributed by atoms with E-state index in [0.29, 0.717) is 6.04 Å². The van der Waals surface area contributed by atoms with Crippen LogP contribution < -0.4 is 5.32 Å². The van der Waals surface area contributed by atoms with Gasteiger partial charge in [0.15, 0.2) is 0 Å². The van der Waals surface area contributed by atoms with Crippen molar-refractivity contribution in [1.82, 2.24) is 5.32 Å². The number of nitrogens with one attached hydrogen (secondary N) is 1. The van der Waals surface area contributed by atoms with Gasteiger partial charge in [-0.2, -0.15) is 0 Å². The van der Waals surface area contributed by atoms with Crippen LogP contribution in [0.4, 0.5) is 0 Å². The van der Waals surface area contributed by atoms with E-state index in [2.05, 4.69) is 39.6 Å². The quantitative estimate of drug-likeness (QED) is 0.462. The molecular formula is C15H31NO. The minimum atomic E-state index is -0.0312. The van der Waals surface area contributed by atoms with Crippen molar-refractivity contribution < 1.29 is 4.74 Å². The molecule has 0 aliphatic rings. The molecule has 1 atom stereocenters. The van der Waals surface area contributed by atoms with Crippen LogP contribution in [0.15, 0.2) is 12.7 Å². The molecule has 102 valence electrons. The molecule has 0 aromatic heterocycles. The minimum absolute atomic E-state index is 0.0312. The molecule has 0 aliphatic carbocycles. The van der Waals surface area contributed by atoms with Crippen molar-refractivity contribution in [2.45, 2.75) is 71.4 Å². The molecule has 0 heterocycles. The summed E-state index contributed by atoms with van der Waals surface area (Å²) in [5.74, 6) is 0. The van der Waals surface area contributed by atoms with E-state index in [1.165, 1.54) is 25.7 Å². The van der Waals surface area contributed by atoms with Crippen LogP contribution in [0.1, 0.15) is 59.8 Å². The Hall–Kier alpha value is -0.340. The molecule has 0 spiro atoms. The van der Waals surface area contributed by atoms with E-state index in [4.69, 9.17) is 4.74 Å². The molecule has 0 rings (SSSR count). The lowest BCUT2D eigenvalue weighted by Gasteiger charge is -2.25. The highest BCUT2D eigenvalue weighted by molar-refractivity contribution is 4.70. The fourth-order valence-electron chi connectivity index (χ4n) is 1.74. The molecule has 1 N–H and O–H groups in total. The van der Waals surface area contributed by atoms with Crippen molar-refractivity contribution in [3.8, 4) is 0 Å². The standard InChI is InChI=1S/C15H31NO/c1-6-8-9-10-11-12-14(16-7-2)13-17-15(3,4)5/h6,14,16H,1,7-13H2,2-5H3. The van der Waals surface area contributed by atoms with Gasteiger partial charge in [-0.3, -0.25) is 0 Å². The van der Waals surface area contributed by atoms with Crippen LogP contribution in [0.5, 0.6) is 0 Å². The monoisotopic (exact) mass is 241 g/mol. The number of hydrogen-bond acceptors (Lipinski definition) is 2. The fourth-order valence-corrected chi connectivity index (χ4v) is 1.74. The second-order valence-corrected chi connectivity index (χ2v) is 5.60. The second kappa shape index (κ2) is 9.67. The van der Waals surface area contributed by atoms with Crippen molar-refractivity contribution in [2.24, 2.45) is 0 Å². The maximum Gasteiger partial charge on any atom is 0.0626 e. The zero-order valence-electron chi connectivity index (χ0n) is 12.2. The number of hydrogen-bond donors (Lipinski definition) is 1. The van der Waals surface area contributed by atoms with E-state index in [0.717, 1.165) is 19.6 Å². The minimum Gasteiger partial charge on any atom is -0.374 e. The highest BCUT2D eigenvalue weighted by atomic mass is 16.5. The van der Waals surface area contributed by atoms with Crippen LogP contribution in [-0.4, -0.2) is 24.8 Å². The first-order valence-electron chi connectivity index (χ1n) is 6.98. The second-order valence-electron chi connectivity index (χ2n) is 5.60. The van der Waals surface area contributed by atoms with Crippen molar-refractivity contribution in [3.63, 3.8) is 0 Å². The topological polar surface area (TPSA) is 21.3 Å². The molecule has 0 saturated heterocycles. The van der Waals surface area contributed by atoms with Gasteiger partial charge in [-0.15, -0.1) is 6.58 Å². The molecule has 0 aliphatic heterocycles. The Kier molecular flexibility index (Phi) is 9.47. The van der Waals surface area contributed by atoms with Crippen LogP contribution in [0, 0.1) is 0 Å². The zero-order valence-corrected chi connectivity index (χ0v) is 12.2. The van der Waals surface area contributed by atoms with Crippen molar-refractivity contribution >= 4 is 0 Å². The molecule has 0 amide bonds. The van der Waals surface area contributed by atoms with Gasteiger partial charge in [-0.1, -0.05) is 25.8 Å². The summed E-state index contributed by atoms with van der Waals surface area (Å²) in [5.41, 5.74) is -0.0312. The van der Waals surface area contributed by atoms with Crippen molar-refractivity contribution in [3.05, 3.63) is 12.7 Å². The van der Waals surface area contributed by atoms with Crippen LogP contribution in [-0.2, 0) is 4.74 Å². The third-order valence-electron chi connectivity index (χ3n) is 2.67.